The van der Waals surface area contributed by atoms with Gasteiger partial charge >= 0.3 is 58.4 Å². The minimum atomic E-state index is -5.16. The molecule has 0 spiro atoms. The van der Waals surface area contributed by atoms with Gasteiger partial charge in [-0.3, -0.25) is 0 Å². The van der Waals surface area contributed by atoms with E-state index >= 15 is 0 Å². The zero-order valence-electron chi connectivity index (χ0n) is 9.02. The fourth-order valence-electron chi connectivity index (χ4n) is 0.860. The summed E-state index contributed by atoms with van der Waals surface area (Å²) >= 11 is 5.42. The predicted octanol–water partition coefficient (Wildman–Crippen LogP) is 0.805. The van der Waals surface area contributed by atoms with Gasteiger partial charge < -0.3 is 17.7 Å². The van der Waals surface area contributed by atoms with Crippen LogP contribution in [0.2, 0.25) is 5.02 Å². The van der Waals surface area contributed by atoms with Gasteiger partial charge in [0, 0.05) is 0 Å². The predicted molar refractivity (Wildman–Crippen MR) is 55.1 cm³/mol. The minimum Gasteiger partial charge on any atom is -0.489 e. The third-order valence-electron chi connectivity index (χ3n) is 1.79. The van der Waals surface area contributed by atoms with Gasteiger partial charge in [-0.05, 0) is 12.1 Å². The number of hydrogen-bond donors (Lipinski definition) is 0. The molecule has 0 N–H and O–H groups in total. The molecular weight excluding hydrogens is 285 g/mol. The van der Waals surface area contributed by atoms with Crippen molar-refractivity contribution >= 4 is 18.6 Å². The third-order valence-corrected chi connectivity index (χ3v) is 2.08. The number of ether oxygens (including phenoxy) is 1. The third kappa shape index (κ3) is 5.32. The van der Waals surface area contributed by atoms with Crippen LogP contribution < -0.4 is 56.1 Å². The van der Waals surface area contributed by atoms with Crippen LogP contribution in [0.5, 0.6) is 5.75 Å². The number of benzene rings is 1. The van der Waals surface area contributed by atoms with Crippen LogP contribution in [0.15, 0.2) is 30.3 Å². The number of rotatable bonds is 4. The van der Waals surface area contributed by atoms with Crippen molar-refractivity contribution in [1.82, 2.24) is 0 Å². The summed E-state index contributed by atoms with van der Waals surface area (Å²) < 4.78 is 54.1. The van der Waals surface area contributed by atoms with E-state index in [0.717, 1.165) is 0 Å². The van der Waals surface area contributed by atoms with E-state index in [2.05, 4.69) is 11.3 Å². The Bertz CT molecular complexity index is 410. The van der Waals surface area contributed by atoms with Crippen molar-refractivity contribution in [3.05, 3.63) is 41.1 Å². The Morgan fingerprint density at radius 2 is 1.94 bits per heavy atom. The molecule has 0 aliphatic carbocycles. The summed E-state index contributed by atoms with van der Waals surface area (Å²) in [6.07, 6.45) is 0. The van der Waals surface area contributed by atoms with Crippen LogP contribution in [-0.4, -0.2) is 13.6 Å². The average Bonchev–Trinajstić information content (AvgIpc) is 2.18. The number of hydrogen-bond acceptors (Lipinski definition) is 1. The normalized spacial score (nSPS) is 10.6. The molecule has 0 bridgehead atoms. The monoisotopic (exact) mass is 292 g/mol. The Balaban J connectivity index is 0.00000256. The first kappa shape index (κ1) is 17.5. The molecule has 0 radical (unpaired) electrons. The van der Waals surface area contributed by atoms with Crippen LogP contribution in [0.4, 0.5) is 17.3 Å². The van der Waals surface area contributed by atoms with Gasteiger partial charge in [0.05, 0.1) is 11.6 Å². The van der Waals surface area contributed by atoms with Crippen molar-refractivity contribution < 1.29 is 73.5 Å². The largest absolute Gasteiger partial charge is 1.00 e. The van der Waals surface area contributed by atoms with E-state index in [9.17, 15) is 17.3 Å². The van der Waals surface area contributed by atoms with E-state index in [4.69, 9.17) is 11.6 Å². The Hall–Kier alpha value is 0.471. The molecule has 0 aliphatic rings. The Kier molecular flexibility index (Phi) is 7.36. The molecule has 0 heterocycles. The fraction of sp³-hybridized carbons (Fsp3) is 0.111. The second-order valence-electron chi connectivity index (χ2n) is 3.07. The van der Waals surface area contributed by atoms with Crippen LogP contribution in [0.25, 0.3) is 0 Å². The van der Waals surface area contributed by atoms with Gasteiger partial charge in [0.1, 0.15) is 0 Å². The molecule has 8 heteroatoms. The summed E-state index contributed by atoms with van der Waals surface area (Å²) in [6.45, 7) is -3.15. The van der Waals surface area contributed by atoms with Gasteiger partial charge in [0.15, 0.2) is 11.6 Å². The van der Waals surface area contributed by atoms with Crippen LogP contribution in [0.1, 0.15) is 0 Å². The van der Waals surface area contributed by atoms with Gasteiger partial charge in [-0.25, -0.2) is 4.39 Å². The van der Waals surface area contributed by atoms with Gasteiger partial charge in [-0.1, -0.05) is 17.7 Å². The van der Waals surface area contributed by atoms with E-state index in [1.807, 2.05) is 0 Å². The molecule has 0 unspecified atom stereocenters. The molecule has 17 heavy (non-hydrogen) atoms. The summed E-state index contributed by atoms with van der Waals surface area (Å²) in [6, 6.07) is 3.84. The van der Waals surface area contributed by atoms with Crippen LogP contribution >= 0.6 is 11.6 Å². The molecule has 0 aromatic heterocycles. The minimum absolute atomic E-state index is 0. The summed E-state index contributed by atoms with van der Waals surface area (Å²) in [5.74, 6) is -1.21. The van der Waals surface area contributed by atoms with Crippen LogP contribution in [-0.2, 0) is 0 Å². The molecule has 0 saturated heterocycles. The molecule has 0 aliphatic heterocycles. The van der Waals surface area contributed by atoms with E-state index in [-0.39, 0.29) is 62.2 Å². The van der Waals surface area contributed by atoms with Crippen molar-refractivity contribution in [1.29, 1.82) is 0 Å². The van der Waals surface area contributed by atoms with Gasteiger partial charge in [0.25, 0.3) is 0 Å². The molecule has 1 rings (SSSR count). The Morgan fingerprint density at radius 3 is 2.47 bits per heavy atom. The summed E-state index contributed by atoms with van der Waals surface area (Å²) in [5, 5.41) is -0.208. The maximum atomic E-state index is 13.2. The van der Waals surface area contributed by atoms with E-state index < -0.39 is 24.9 Å². The molecule has 0 saturated carbocycles. The van der Waals surface area contributed by atoms with Gasteiger partial charge in [-0.2, -0.15) is 0 Å². The zero-order valence-corrected chi connectivity index (χ0v) is 12.9. The SMILES string of the molecule is C=C(COc1cccc(Cl)c1F)[B-](F)(F)F.[K+]. The van der Waals surface area contributed by atoms with Crippen LogP contribution in [0.3, 0.4) is 0 Å². The van der Waals surface area contributed by atoms with Gasteiger partial charge in [0.2, 0.25) is 0 Å². The molecule has 1 aromatic carbocycles. The second kappa shape index (κ2) is 7.16. The topological polar surface area (TPSA) is 9.23 Å². The molecule has 0 amide bonds. The quantitative estimate of drug-likeness (QED) is 0.589. The summed E-state index contributed by atoms with van der Waals surface area (Å²) in [4.78, 5) is 0. The molecular formula is C9H7BClF4KO. The average molecular weight is 293 g/mol. The van der Waals surface area contributed by atoms with Gasteiger partial charge in [-0.15, -0.1) is 12.1 Å². The van der Waals surface area contributed by atoms with Crippen molar-refractivity contribution in [2.45, 2.75) is 0 Å². The molecule has 1 aromatic rings. The van der Waals surface area contributed by atoms with E-state index in [1.165, 1.54) is 18.2 Å². The Morgan fingerprint density at radius 1 is 1.35 bits per heavy atom. The summed E-state index contributed by atoms with van der Waals surface area (Å²) in [5.41, 5.74) is -1.03. The first-order valence-corrected chi connectivity index (χ1v) is 4.64. The number of halogens is 5. The van der Waals surface area contributed by atoms with E-state index in [0.29, 0.717) is 0 Å². The molecule has 1 nitrogen and oxygen atoms in total. The van der Waals surface area contributed by atoms with Crippen LogP contribution in [0, 0.1) is 5.82 Å². The second-order valence-corrected chi connectivity index (χ2v) is 3.48. The smallest absolute Gasteiger partial charge is 0.489 e. The first-order chi connectivity index (χ1) is 7.32. The van der Waals surface area contributed by atoms with Crippen molar-refractivity contribution in [3.8, 4) is 5.75 Å². The Labute approximate surface area is 144 Å². The standard InChI is InChI=1S/C9H7BClF4O.K/c1-6(10(13,14)15)5-16-8-4-2-3-7(11)9(8)12;/h2-4H,1,5H2;/q-1;+1. The molecule has 0 fully saturated rings. The van der Waals surface area contributed by atoms with E-state index in [1.54, 1.807) is 0 Å². The molecule has 0 atom stereocenters. The maximum Gasteiger partial charge on any atom is 1.00 e. The zero-order chi connectivity index (χ0) is 12.3. The van der Waals surface area contributed by atoms with Crippen molar-refractivity contribution in [2.24, 2.45) is 0 Å². The van der Waals surface area contributed by atoms with Crippen molar-refractivity contribution in [2.75, 3.05) is 6.61 Å². The fourth-order valence-corrected chi connectivity index (χ4v) is 1.03. The van der Waals surface area contributed by atoms with Crippen molar-refractivity contribution in [3.63, 3.8) is 0 Å². The maximum absolute atomic E-state index is 13.2. The first-order valence-electron chi connectivity index (χ1n) is 4.27. The summed E-state index contributed by atoms with van der Waals surface area (Å²) in [7, 11) is 0. The molecule has 88 valence electrons.